The first kappa shape index (κ1) is 19.2. The van der Waals surface area contributed by atoms with Crippen LogP contribution in [0, 0.1) is 5.82 Å². The summed E-state index contributed by atoms with van der Waals surface area (Å²) in [5.74, 6) is -0.339. The number of alkyl halides is 2. The number of rotatable bonds is 6. The van der Waals surface area contributed by atoms with Gasteiger partial charge in [0.1, 0.15) is 11.6 Å². The third kappa shape index (κ3) is 5.01. The molecule has 0 spiro atoms. The molecule has 1 amide bonds. The van der Waals surface area contributed by atoms with Gasteiger partial charge in [-0.15, -0.1) is 0 Å². The first-order valence-electron chi connectivity index (χ1n) is 8.75. The molecule has 1 unspecified atom stereocenters. The maximum Gasteiger partial charge on any atom is 0.387 e. The summed E-state index contributed by atoms with van der Waals surface area (Å²) < 4.78 is 42.1. The molecule has 1 N–H and O–H groups in total. The zero-order valence-corrected chi connectivity index (χ0v) is 14.9. The van der Waals surface area contributed by atoms with E-state index < -0.39 is 6.61 Å². The standard InChI is InChI=1S/C20H21F3N2O2/c1-13-18-10-16(21)5-4-15(18)8-9-25(13)12-19(26)24-11-14-2-6-17(7-3-14)27-20(22)23/h2-7,10,13,20H,8-9,11-12H2,1H3,(H,24,26). The van der Waals surface area contributed by atoms with Gasteiger partial charge in [0.15, 0.2) is 0 Å². The molecule has 7 heteroatoms. The molecular formula is C20H21F3N2O2. The van der Waals surface area contributed by atoms with Crippen molar-refractivity contribution in [3.63, 3.8) is 0 Å². The van der Waals surface area contributed by atoms with Crippen molar-refractivity contribution in [2.24, 2.45) is 0 Å². The van der Waals surface area contributed by atoms with Gasteiger partial charge >= 0.3 is 6.61 Å². The van der Waals surface area contributed by atoms with E-state index >= 15 is 0 Å². The van der Waals surface area contributed by atoms with E-state index in [0.29, 0.717) is 6.54 Å². The van der Waals surface area contributed by atoms with Gasteiger partial charge in [-0.05, 0) is 54.3 Å². The van der Waals surface area contributed by atoms with E-state index in [1.807, 2.05) is 11.8 Å². The largest absolute Gasteiger partial charge is 0.435 e. The minimum absolute atomic E-state index is 0.0408. The Kier molecular flexibility index (Phi) is 6.01. The van der Waals surface area contributed by atoms with Crippen molar-refractivity contribution < 1.29 is 22.7 Å². The van der Waals surface area contributed by atoms with Gasteiger partial charge in [-0.3, -0.25) is 9.69 Å². The number of benzene rings is 2. The van der Waals surface area contributed by atoms with Gasteiger partial charge in [-0.25, -0.2) is 4.39 Å². The van der Waals surface area contributed by atoms with Crippen molar-refractivity contribution in [2.45, 2.75) is 32.5 Å². The average Bonchev–Trinajstić information content (AvgIpc) is 2.63. The third-order valence-corrected chi connectivity index (χ3v) is 4.76. The van der Waals surface area contributed by atoms with Crippen molar-refractivity contribution in [3.8, 4) is 5.75 Å². The Bertz CT molecular complexity index is 796. The highest BCUT2D eigenvalue weighted by molar-refractivity contribution is 5.78. The molecular weight excluding hydrogens is 357 g/mol. The van der Waals surface area contributed by atoms with Crippen LogP contribution in [0.2, 0.25) is 0 Å². The van der Waals surface area contributed by atoms with Crippen molar-refractivity contribution in [3.05, 3.63) is 65.0 Å². The minimum atomic E-state index is -2.86. The fourth-order valence-electron chi connectivity index (χ4n) is 3.28. The Labute approximate surface area is 155 Å². The highest BCUT2D eigenvalue weighted by atomic mass is 19.3. The number of amides is 1. The maximum atomic E-state index is 13.5. The minimum Gasteiger partial charge on any atom is -0.435 e. The number of halogens is 3. The second-order valence-corrected chi connectivity index (χ2v) is 6.54. The number of carbonyl (C=O) groups is 1. The van der Waals surface area contributed by atoms with Crippen LogP contribution in [0.3, 0.4) is 0 Å². The van der Waals surface area contributed by atoms with Gasteiger partial charge in [0.2, 0.25) is 5.91 Å². The van der Waals surface area contributed by atoms with Crippen molar-refractivity contribution >= 4 is 5.91 Å². The first-order chi connectivity index (χ1) is 12.9. The summed E-state index contributed by atoms with van der Waals surface area (Å²) in [6, 6.07) is 10.9. The van der Waals surface area contributed by atoms with E-state index in [4.69, 9.17) is 0 Å². The van der Waals surface area contributed by atoms with Crippen LogP contribution in [-0.2, 0) is 17.8 Å². The zero-order valence-electron chi connectivity index (χ0n) is 14.9. The Morgan fingerprint density at radius 2 is 2.00 bits per heavy atom. The topological polar surface area (TPSA) is 41.6 Å². The molecule has 0 bridgehead atoms. The predicted molar refractivity (Wildman–Crippen MR) is 95.0 cm³/mol. The normalized spacial score (nSPS) is 16.9. The summed E-state index contributed by atoms with van der Waals surface area (Å²) in [6.45, 7) is 0.338. The molecule has 0 saturated heterocycles. The highest BCUT2D eigenvalue weighted by Crippen LogP contribution is 2.29. The van der Waals surface area contributed by atoms with Crippen LogP contribution in [0.15, 0.2) is 42.5 Å². The van der Waals surface area contributed by atoms with E-state index in [2.05, 4.69) is 10.1 Å². The monoisotopic (exact) mass is 378 g/mol. The lowest BCUT2D eigenvalue weighted by atomic mass is 9.93. The molecule has 0 fully saturated rings. The number of carbonyl (C=O) groups excluding carboxylic acids is 1. The molecule has 1 aliphatic heterocycles. The van der Waals surface area contributed by atoms with E-state index in [1.165, 1.54) is 24.3 Å². The van der Waals surface area contributed by atoms with E-state index in [0.717, 1.165) is 29.7 Å². The van der Waals surface area contributed by atoms with Crippen molar-refractivity contribution in [1.82, 2.24) is 10.2 Å². The molecule has 1 heterocycles. The number of nitrogens with one attached hydrogen (secondary N) is 1. The Morgan fingerprint density at radius 3 is 2.70 bits per heavy atom. The molecule has 0 aliphatic carbocycles. The van der Waals surface area contributed by atoms with Crippen LogP contribution >= 0.6 is 0 Å². The van der Waals surface area contributed by atoms with Gasteiger partial charge in [0.05, 0.1) is 6.54 Å². The lowest BCUT2D eigenvalue weighted by Crippen LogP contribution is -2.41. The van der Waals surface area contributed by atoms with Gasteiger partial charge in [-0.1, -0.05) is 18.2 Å². The van der Waals surface area contributed by atoms with Gasteiger partial charge < -0.3 is 10.1 Å². The van der Waals surface area contributed by atoms with Crippen LogP contribution in [-0.4, -0.2) is 30.5 Å². The SMILES string of the molecule is CC1c2cc(F)ccc2CCN1CC(=O)NCc1ccc(OC(F)F)cc1. The van der Waals surface area contributed by atoms with Crippen LogP contribution in [0.1, 0.15) is 29.7 Å². The Morgan fingerprint density at radius 1 is 1.26 bits per heavy atom. The molecule has 3 rings (SSSR count). The number of nitrogens with zero attached hydrogens (tertiary/aromatic N) is 1. The van der Waals surface area contributed by atoms with Gasteiger partial charge in [0, 0.05) is 19.1 Å². The first-order valence-corrected chi connectivity index (χ1v) is 8.75. The fourth-order valence-corrected chi connectivity index (χ4v) is 3.28. The summed E-state index contributed by atoms with van der Waals surface area (Å²) in [5.41, 5.74) is 2.82. The highest BCUT2D eigenvalue weighted by Gasteiger charge is 2.25. The summed E-state index contributed by atoms with van der Waals surface area (Å²) in [5, 5.41) is 2.82. The van der Waals surface area contributed by atoms with E-state index in [1.54, 1.807) is 18.2 Å². The quantitative estimate of drug-likeness (QED) is 0.834. The van der Waals surface area contributed by atoms with Crippen LogP contribution in [0.5, 0.6) is 5.75 Å². The Hall–Kier alpha value is -2.54. The molecule has 4 nitrogen and oxygen atoms in total. The zero-order chi connectivity index (χ0) is 19.4. The molecule has 2 aromatic carbocycles. The molecule has 144 valence electrons. The van der Waals surface area contributed by atoms with Gasteiger partial charge in [-0.2, -0.15) is 8.78 Å². The van der Waals surface area contributed by atoms with Crippen LogP contribution in [0.25, 0.3) is 0 Å². The molecule has 2 aromatic rings. The molecule has 0 saturated carbocycles. The molecule has 1 atom stereocenters. The predicted octanol–water partition coefficient (Wildman–Crippen LogP) is 3.66. The summed E-state index contributed by atoms with van der Waals surface area (Å²) in [4.78, 5) is 14.3. The summed E-state index contributed by atoms with van der Waals surface area (Å²) >= 11 is 0. The smallest absolute Gasteiger partial charge is 0.387 e. The second-order valence-electron chi connectivity index (χ2n) is 6.54. The molecule has 0 aromatic heterocycles. The van der Waals surface area contributed by atoms with Crippen molar-refractivity contribution in [1.29, 1.82) is 0 Å². The second kappa shape index (κ2) is 8.43. The van der Waals surface area contributed by atoms with Gasteiger partial charge in [0.25, 0.3) is 0 Å². The van der Waals surface area contributed by atoms with Crippen LogP contribution < -0.4 is 10.1 Å². The van der Waals surface area contributed by atoms with E-state index in [9.17, 15) is 18.0 Å². The molecule has 0 radical (unpaired) electrons. The number of ether oxygens (including phenoxy) is 1. The summed E-state index contributed by atoms with van der Waals surface area (Å²) in [7, 11) is 0. The van der Waals surface area contributed by atoms with Crippen molar-refractivity contribution in [2.75, 3.05) is 13.1 Å². The number of hydrogen-bond donors (Lipinski definition) is 1. The number of hydrogen-bond acceptors (Lipinski definition) is 3. The fraction of sp³-hybridized carbons (Fsp3) is 0.350. The Balaban J connectivity index is 1.52. The maximum absolute atomic E-state index is 13.5. The molecule has 27 heavy (non-hydrogen) atoms. The van der Waals surface area contributed by atoms with Crippen LogP contribution in [0.4, 0.5) is 13.2 Å². The number of fused-ring (bicyclic) bond motifs is 1. The third-order valence-electron chi connectivity index (χ3n) is 4.76. The summed E-state index contributed by atoms with van der Waals surface area (Å²) in [6.07, 6.45) is 0.777. The lowest BCUT2D eigenvalue weighted by Gasteiger charge is -2.34. The molecule has 1 aliphatic rings. The van der Waals surface area contributed by atoms with E-state index in [-0.39, 0.29) is 30.1 Å². The lowest BCUT2D eigenvalue weighted by molar-refractivity contribution is -0.123. The average molecular weight is 378 g/mol.